The molecular formula is C20H31P3. The lowest BCUT2D eigenvalue weighted by atomic mass is 10.4. The van der Waals surface area contributed by atoms with Crippen LogP contribution in [0.1, 0.15) is 13.3 Å². The monoisotopic (exact) mass is 364 g/mol. The minimum atomic E-state index is 0.000189. The van der Waals surface area contributed by atoms with E-state index in [-0.39, 0.29) is 23.8 Å². The zero-order valence-corrected chi connectivity index (χ0v) is 17.2. The van der Waals surface area contributed by atoms with Crippen LogP contribution in [0.4, 0.5) is 0 Å². The molecular weight excluding hydrogens is 333 g/mol. The van der Waals surface area contributed by atoms with Gasteiger partial charge in [-0.15, -0.1) is 29.0 Å². The molecule has 1 saturated heterocycles. The Kier molecular flexibility index (Phi) is 9.05. The van der Waals surface area contributed by atoms with Crippen LogP contribution in [0.2, 0.25) is 0 Å². The average molecular weight is 364 g/mol. The predicted octanol–water partition coefficient (Wildman–Crippen LogP) is 5.92. The maximum atomic E-state index is 4.02. The molecule has 2 rings (SSSR count). The van der Waals surface area contributed by atoms with Gasteiger partial charge in [0.25, 0.3) is 0 Å². The van der Waals surface area contributed by atoms with E-state index in [0.717, 1.165) is 5.66 Å². The molecule has 1 aromatic rings. The second-order valence-electron chi connectivity index (χ2n) is 6.37. The Morgan fingerprint density at radius 1 is 0.957 bits per heavy atom. The molecule has 0 radical (unpaired) electrons. The fourth-order valence-corrected chi connectivity index (χ4v) is 12.8. The molecule has 0 bridgehead atoms. The zero-order chi connectivity index (χ0) is 16.5. The van der Waals surface area contributed by atoms with Gasteiger partial charge in [0.15, 0.2) is 0 Å². The normalized spacial score (nSPS) is 29.6. The summed E-state index contributed by atoms with van der Waals surface area (Å²) in [6.07, 6.45) is 15.5. The second kappa shape index (κ2) is 10.8. The third-order valence-electron chi connectivity index (χ3n) is 4.52. The Labute approximate surface area is 147 Å². The van der Waals surface area contributed by atoms with Gasteiger partial charge >= 0.3 is 0 Å². The topological polar surface area (TPSA) is 0 Å². The molecule has 23 heavy (non-hydrogen) atoms. The first-order chi connectivity index (χ1) is 11.2. The first kappa shape index (κ1) is 19.3. The summed E-state index contributed by atoms with van der Waals surface area (Å²) >= 11 is 0. The highest BCUT2D eigenvalue weighted by atomic mass is 31.1. The number of hydrogen-bond acceptors (Lipinski definition) is 0. The third-order valence-corrected chi connectivity index (χ3v) is 13.4. The molecule has 0 N–H and O–H groups in total. The van der Waals surface area contributed by atoms with Gasteiger partial charge in [-0.1, -0.05) is 57.3 Å². The Balaban J connectivity index is 2.13. The number of rotatable bonds is 5. The first-order valence-electron chi connectivity index (χ1n) is 8.72. The van der Waals surface area contributed by atoms with Crippen LogP contribution in [0.5, 0.6) is 0 Å². The standard InChI is InChI=1S/C20H31P3/c1-4-12-21-14-9-15-23(20-10-7-6-8-11-20)19(3)18-22(13-5-2)17-16-21/h4-8,10-11,19H,1-2,9,12-18H2,3H3. The fraction of sp³-hybridized carbons (Fsp3) is 0.500. The van der Waals surface area contributed by atoms with Gasteiger partial charge < -0.3 is 0 Å². The van der Waals surface area contributed by atoms with Gasteiger partial charge in [-0.25, -0.2) is 0 Å². The van der Waals surface area contributed by atoms with E-state index in [1.807, 2.05) is 0 Å². The van der Waals surface area contributed by atoms with Gasteiger partial charge in [0.05, 0.1) is 0 Å². The molecule has 0 spiro atoms. The lowest BCUT2D eigenvalue weighted by molar-refractivity contribution is 1.04. The summed E-state index contributed by atoms with van der Waals surface area (Å²) in [6.45, 7) is 10.5. The summed E-state index contributed by atoms with van der Waals surface area (Å²) in [5.74, 6) is 0. The summed E-state index contributed by atoms with van der Waals surface area (Å²) in [5.41, 5.74) is 0.863. The molecule has 1 aromatic carbocycles. The van der Waals surface area contributed by atoms with Gasteiger partial charge in [0.2, 0.25) is 0 Å². The second-order valence-corrected chi connectivity index (χ2v) is 14.3. The number of hydrogen-bond donors (Lipinski definition) is 0. The summed E-state index contributed by atoms with van der Waals surface area (Å²) in [4.78, 5) is 0. The first-order valence-corrected chi connectivity index (χ1v) is 14.1. The van der Waals surface area contributed by atoms with Crippen LogP contribution < -0.4 is 5.30 Å². The molecule has 126 valence electrons. The van der Waals surface area contributed by atoms with Crippen LogP contribution in [-0.2, 0) is 0 Å². The third kappa shape index (κ3) is 6.42. The largest absolute Gasteiger partial charge is 0.103 e. The molecule has 0 aromatic heterocycles. The van der Waals surface area contributed by atoms with E-state index in [1.54, 1.807) is 5.30 Å². The van der Waals surface area contributed by atoms with E-state index >= 15 is 0 Å². The molecule has 0 saturated carbocycles. The van der Waals surface area contributed by atoms with Crippen molar-refractivity contribution in [2.75, 3.05) is 43.1 Å². The molecule has 1 aliphatic heterocycles. The summed E-state index contributed by atoms with van der Waals surface area (Å²) in [5, 5.41) is 1.62. The predicted molar refractivity (Wildman–Crippen MR) is 115 cm³/mol. The van der Waals surface area contributed by atoms with Gasteiger partial charge in [0, 0.05) is 0 Å². The summed E-state index contributed by atoms with van der Waals surface area (Å²) < 4.78 is 0. The van der Waals surface area contributed by atoms with Gasteiger partial charge in [-0.2, -0.15) is 0 Å². The smallest absolute Gasteiger partial charge is 0.0147 e. The summed E-state index contributed by atoms with van der Waals surface area (Å²) in [7, 11) is 0.332. The van der Waals surface area contributed by atoms with Gasteiger partial charge in [-0.05, 0) is 60.5 Å². The van der Waals surface area contributed by atoms with Crippen LogP contribution in [-0.4, -0.2) is 48.8 Å². The zero-order valence-electron chi connectivity index (χ0n) is 14.5. The van der Waals surface area contributed by atoms with Crippen molar-refractivity contribution in [2.45, 2.75) is 19.0 Å². The van der Waals surface area contributed by atoms with Crippen LogP contribution in [0.3, 0.4) is 0 Å². The molecule has 4 unspecified atom stereocenters. The van der Waals surface area contributed by atoms with Crippen molar-refractivity contribution in [3.05, 3.63) is 55.6 Å². The Morgan fingerprint density at radius 2 is 1.61 bits per heavy atom. The number of allylic oxidation sites excluding steroid dienone is 2. The molecule has 0 amide bonds. The van der Waals surface area contributed by atoms with Crippen LogP contribution in [0, 0.1) is 0 Å². The van der Waals surface area contributed by atoms with Gasteiger partial charge in [-0.3, -0.25) is 0 Å². The van der Waals surface area contributed by atoms with Crippen molar-refractivity contribution >= 4 is 29.1 Å². The van der Waals surface area contributed by atoms with Gasteiger partial charge in [0.1, 0.15) is 0 Å². The van der Waals surface area contributed by atoms with E-state index < -0.39 is 0 Å². The minimum absolute atomic E-state index is 0.000189. The van der Waals surface area contributed by atoms with Crippen molar-refractivity contribution in [2.24, 2.45) is 0 Å². The fourth-order valence-electron chi connectivity index (χ4n) is 3.36. The van der Waals surface area contributed by atoms with E-state index in [4.69, 9.17) is 0 Å². The van der Waals surface area contributed by atoms with Crippen molar-refractivity contribution in [1.29, 1.82) is 0 Å². The number of benzene rings is 1. The Hall–Kier alpha value is -0.0100. The van der Waals surface area contributed by atoms with Crippen molar-refractivity contribution in [3.63, 3.8) is 0 Å². The molecule has 1 aliphatic rings. The van der Waals surface area contributed by atoms with E-state index in [1.165, 1.54) is 49.6 Å². The SMILES string of the molecule is C=CCP1CCCP(c2ccccc2)C(C)CP(CC=C)CC1. The average Bonchev–Trinajstić information content (AvgIpc) is 2.56. The molecule has 3 heteroatoms. The van der Waals surface area contributed by atoms with E-state index in [0.29, 0.717) is 0 Å². The maximum absolute atomic E-state index is 4.02. The molecule has 0 nitrogen and oxygen atoms in total. The van der Waals surface area contributed by atoms with Crippen LogP contribution in [0.25, 0.3) is 0 Å². The highest BCUT2D eigenvalue weighted by Gasteiger charge is 2.24. The quantitative estimate of drug-likeness (QED) is 0.449. The highest BCUT2D eigenvalue weighted by molar-refractivity contribution is 7.68. The van der Waals surface area contributed by atoms with Crippen LogP contribution >= 0.6 is 23.8 Å². The lowest BCUT2D eigenvalue weighted by Gasteiger charge is -2.32. The van der Waals surface area contributed by atoms with Crippen LogP contribution in [0.15, 0.2) is 55.6 Å². The molecule has 1 fully saturated rings. The Morgan fingerprint density at radius 3 is 2.30 bits per heavy atom. The summed E-state index contributed by atoms with van der Waals surface area (Å²) in [6, 6.07) is 11.3. The maximum Gasteiger partial charge on any atom is -0.0147 e. The van der Waals surface area contributed by atoms with Crippen molar-refractivity contribution < 1.29 is 0 Å². The van der Waals surface area contributed by atoms with Crippen molar-refractivity contribution in [3.8, 4) is 0 Å². The molecule has 4 atom stereocenters. The highest BCUT2D eigenvalue weighted by Crippen LogP contribution is 2.52. The van der Waals surface area contributed by atoms with E-state index in [2.05, 4.69) is 62.6 Å². The lowest BCUT2D eigenvalue weighted by Crippen LogP contribution is -2.19. The van der Waals surface area contributed by atoms with Crippen molar-refractivity contribution in [1.82, 2.24) is 0 Å². The van der Waals surface area contributed by atoms with E-state index in [9.17, 15) is 0 Å². The Bertz CT molecular complexity index is 471. The minimum Gasteiger partial charge on any atom is -0.103 e. The molecule has 1 heterocycles. The molecule has 0 aliphatic carbocycles.